The van der Waals surface area contributed by atoms with Crippen LogP contribution in [0.25, 0.3) is 0 Å². The Morgan fingerprint density at radius 3 is 3.19 bits per heavy atom. The van der Waals surface area contributed by atoms with Crippen molar-refractivity contribution < 1.29 is 13.7 Å². The molecule has 0 amide bonds. The highest BCUT2D eigenvalue weighted by Gasteiger charge is 2.17. The molecule has 1 unspecified atom stereocenters. The first-order chi connectivity index (χ1) is 10.3. The van der Waals surface area contributed by atoms with E-state index in [1.165, 1.54) is 23.9 Å². The first-order valence-corrected chi connectivity index (χ1v) is 7.79. The molecule has 3 rings (SSSR count). The molecule has 2 aromatic rings. The van der Waals surface area contributed by atoms with Crippen LogP contribution in [0.4, 0.5) is 4.39 Å². The van der Waals surface area contributed by atoms with Gasteiger partial charge < -0.3 is 14.6 Å². The molecule has 1 aliphatic heterocycles. The third-order valence-electron chi connectivity index (χ3n) is 3.09. The second kappa shape index (κ2) is 7.02. The van der Waals surface area contributed by atoms with E-state index >= 15 is 0 Å². The third kappa shape index (κ3) is 4.26. The highest BCUT2D eigenvalue weighted by atomic mass is 32.2. The Kier molecular flexibility index (Phi) is 4.84. The lowest BCUT2D eigenvalue weighted by atomic mass is 10.2. The van der Waals surface area contributed by atoms with Crippen molar-refractivity contribution in [1.29, 1.82) is 0 Å². The molecule has 7 heteroatoms. The summed E-state index contributed by atoms with van der Waals surface area (Å²) in [7, 11) is 0. The van der Waals surface area contributed by atoms with Crippen LogP contribution in [0.5, 0.6) is 0 Å². The molecule has 0 radical (unpaired) electrons. The van der Waals surface area contributed by atoms with Gasteiger partial charge in [-0.2, -0.15) is 4.98 Å². The fourth-order valence-corrected chi connectivity index (χ4v) is 2.88. The molecular formula is C14H16FN3O2S. The highest BCUT2D eigenvalue weighted by Crippen LogP contribution is 2.22. The molecule has 2 heterocycles. The molecule has 1 fully saturated rings. The van der Waals surface area contributed by atoms with Crippen LogP contribution in [0.15, 0.2) is 33.7 Å². The molecule has 1 aromatic heterocycles. The zero-order chi connectivity index (χ0) is 14.5. The first kappa shape index (κ1) is 14.5. The van der Waals surface area contributed by atoms with Crippen molar-refractivity contribution in [3.63, 3.8) is 0 Å². The van der Waals surface area contributed by atoms with Crippen molar-refractivity contribution in [3.05, 3.63) is 41.8 Å². The Bertz CT molecular complexity index is 587. The molecule has 5 nitrogen and oxygen atoms in total. The van der Waals surface area contributed by atoms with Gasteiger partial charge in [0.2, 0.25) is 5.89 Å². The summed E-state index contributed by atoms with van der Waals surface area (Å²) in [4.78, 5) is 5.20. The first-order valence-electron chi connectivity index (χ1n) is 6.80. The van der Waals surface area contributed by atoms with E-state index in [2.05, 4.69) is 15.5 Å². The fourth-order valence-electron chi connectivity index (χ4n) is 2.10. The van der Waals surface area contributed by atoms with Gasteiger partial charge in [-0.3, -0.25) is 0 Å². The molecule has 1 N–H and O–H groups in total. The molecule has 112 valence electrons. The van der Waals surface area contributed by atoms with Crippen molar-refractivity contribution in [2.45, 2.75) is 23.1 Å². The monoisotopic (exact) mass is 309 g/mol. The van der Waals surface area contributed by atoms with Gasteiger partial charge in [0.1, 0.15) is 5.82 Å². The summed E-state index contributed by atoms with van der Waals surface area (Å²) in [5.74, 6) is 1.54. The Balaban J connectivity index is 1.52. The Morgan fingerprint density at radius 1 is 1.43 bits per heavy atom. The number of thioether (sulfide) groups is 1. The van der Waals surface area contributed by atoms with Crippen LogP contribution in [-0.4, -0.2) is 35.9 Å². The van der Waals surface area contributed by atoms with Crippen molar-refractivity contribution in [2.24, 2.45) is 0 Å². The van der Waals surface area contributed by atoms with Crippen LogP contribution in [0.2, 0.25) is 0 Å². The lowest BCUT2D eigenvalue weighted by Crippen LogP contribution is -2.42. The number of ether oxygens (including phenoxy) is 1. The summed E-state index contributed by atoms with van der Waals surface area (Å²) in [6, 6.07) is 6.69. The minimum Gasteiger partial charge on any atom is -0.378 e. The standard InChI is InChI=1S/C14H16FN3O2S/c15-10-2-1-3-12(6-10)21-9-13-17-14(20-18-13)7-11-8-19-5-4-16-11/h1-3,6,11,16H,4-5,7-9H2. The van der Waals surface area contributed by atoms with Crippen LogP contribution in [0.1, 0.15) is 11.7 Å². The van der Waals surface area contributed by atoms with Gasteiger partial charge in [0, 0.05) is 23.9 Å². The smallest absolute Gasteiger partial charge is 0.228 e. The Hall–Kier alpha value is -1.44. The molecule has 1 atom stereocenters. The third-order valence-corrected chi connectivity index (χ3v) is 4.08. The summed E-state index contributed by atoms with van der Waals surface area (Å²) in [5.41, 5.74) is 0. The topological polar surface area (TPSA) is 60.2 Å². The number of nitrogens with one attached hydrogen (secondary N) is 1. The van der Waals surface area contributed by atoms with Gasteiger partial charge in [-0.1, -0.05) is 11.2 Å². The zero-order valence-electron chi connectivity index (χ0n) is 11.4. The van der Waals surface area contributed by atoms with Gasteiger partial charge in [0.25, 0.3) is 0 Å². The van der Waals surface area contributed by atoms with Gasteiger partial charge in [0.15, 0.2) is 5.82 Å². The number of halogens is 1. The summed E-state index contributed by atoms with van der Waals surface area (Å²) >= 11 is 1.48. The van der Waals surface area contributed by atoms with E-state index in [1.54, 1.807) is 6.07 Å². The summed E-state index contributed by atoms with van der Waals surface area (Å²) in [5, 5.41) is 7.29. The SMILES string of the molecule is Fc1cccc(SCc2noc(CC3COCCN3)n2)c1. The average molecular weight is 309 g/mol. The normalized spacial score (nSPS) is 18.8. The number of nitrogens with zero attached hydrogens (tertiary/aromatic N) is 2. The molecule has 0 saturated carbocycles. The van der Waals surface area contributed by atoms with Gasteiger partial charge in [-0.05, 0) is 18.2 Å². The summed E-state index contributed by atoms with van der Waals surface area (Å²) in [6.07, 6.45) is 0.664. The van der Waals surface area contributed by atoms with E-state index in [1.807, 2.05) is 6.07 Å². The van der Waals surface area contributed by atoms with Crippen molar-refractivity contribution in [3.8, 4) is 0 Å². The maximum Gasteiger partial charge on any atom is 0.228 e. The summed E-state index contributed by atoms with van der Waals surface area (Å²) in [6.45, 7) is 2.26. The second-order valence-electron chi connectivity index (χ2n) is 4.78. The average Bonchev–Trinajstić information content (AvgIpc) is 2.94. The largest absolute Gasteiger partial charge is 0.378 e. The molecule has 1 aliphatic rings. The number of hydrogen-bond donors (Lipinski definition) is 1. The molecule has 21 heavy (non-hydrogen) atoms. The van der Waals surface area contributed by atoms with E-state index in [4.69, 9.17) is 9.26 Å². The van der Waals surface area contributed by atoms with Crippen molar-refractivity contribution in [2.75, 3.05) is 19.8 Å². The molecular weight excluding hydrogens is 293 g/mol. The Morgan fingerprint density at radius 2 is 2.38 bits per heavy atom. The van der Waals surface area contributed by atoms with E-state index in [0.717, 1.165) is 18.0 Å². The second-order valence-corrected chi connectivity index (χ2v) is 5.83. The van der Waals surface area contributed by atoms with E-state index in [-0.39, 0.29) is 11.9 Å². The molecule has 0 bridgehead atoms. The number of hydrogen-bond acceptors (Lipinski definition) is 6. The fraction of sp³-hybridized carbons (Fsp3) is 0.429. The van der Waals surface area contributed by atoms with E-state index in [9.17, 15) is 4.39 Å². The lowest BCUT2D eigenvalue weighted by Gasteiger charge is -2.22. The van der Waals surface area contributed by atoms with Crippen LogP contribution in [0.3, 0.4) is 0 Å². The minimum absolute atomic E-state index is 0.225. The van der Waals surface area contributed by atoms with Gasteiger partial charge in [-0.15, -0.1) is 11.8 Å². The maximum absolute atomic E-state index is 13.1. The van der Waals surface area contributed by atoms with E-state index in [0.29, 0.717) is 30.5 Å². The number of rotatable bonds is 5. The quantitative estimate of drug-likeness (QED) is 0.853. The van der Waals surface area contributed by atoms with Crippen LogP contribution >= 0.6 is 11.8 Å². The van der Waals surface area contributed by atoms with Crippen molar-refractivity contribution >= 4 is 11.8 Å². The molecule has 0 spiro atoms. The van der Waals surface area contributed by atoms with Gasteiger partial charge in [-0.25, -0.2) is 4.39 Å². The summed E-state index contributed by atoms with van der Waals surface area (Å²) < 4.78 is 23.7. The van der Waals surface area contributed by atoms with Crippen LogP contribution < -0.4 is 5.32 Å². The van der Waals surface area contributed by atoms with Crippen molar-refractivity contribution in [1.82, 2.24) is 15.5 Å². The van der Waals surface area contributed by atoms with Gasteiger partial charge >= 0.3 is 0 Å². The van der Waals surface area contributed by atoms with E-state index < -0.39 is 0 Å². The molecule has 1 saturated heterocycles. The predicted molar refractivity (Wildman–Crippen MR) is 76.6 cm³/mol. The number of benzene rings is 1. The lowest BCUT2D eigenvalue weighted by molar-refractivity contribution is 0.0744. The zero-order valence-corrected chi connectivity index (χ0v) is 12.2. The van der Waals surface area contributed by atoms with Crippen LogP contribution in [0, 0.1) is 5.82 Å². The van der Waals surface area contributed by atoms with Gasteiger partial charge in [0.05, 0.1) is 19.0 Å². The highest BCUT2D eigenvalue weighted by molar-refractivity contribution is 7.98. The Labute approximate surface area is 126 Å². The van der Waals surface area contributed by atoms with Crippen LogP contribution in [-0.2, 0) is 16.9 Å². The molecule has 0 aliphatic carbocycles. The number of morpholine rings is 1. The molecule has 1 aromatic carbocycles. The maximum atomic E-state index is 13.1. The number of aromatic nitrogens is 2. The predicted octanol–water partition coefficient (Wildman–Crippen LogP) is 2.03. The minimum atomic E-state index is -0.239.